The van der Waals surface area contributed by atoms with Crippen LogP contribution in [0.5, 0.6) is 0 Å². The van der Waals surface area contributed by atoms with Gasteiger partial charge in [0.2, 0.25) is 5.91 Å². The van der Waals surface area contributed by atoms with Gasteiger partial charge in [-0.1, -0.05) is 0 Å². The van der Waals surface area contributed by atoms with Crippen LogP contribution in [0.25, 0.3) is 0 Å². The molecular formula is C11H23ClN2O2. The van der Waals surface area contributed by atoms with Gasteiger partial charge in [0.1, 0.15) is 0 Å². The van der Waals surface area contributed by atoms with E-state index in [4.69, 9.17) is 4.74 Å². The Bertz CT molecular complexity index is 214. The first-order valence-corrected chi connectivity index (χ1v) is 5.68. The normalized spacial score (nSPS) is 25.1. The lowest BCUT2D eigenvalue weighted by atomic mass is 10.1. The highest BCUT2D eigenvalue weighted by molar-refractivity contribution is 5.85. The van der Waals surface area contributed by atoms with Crippen LogP contribution in [-0.2, 0) is 9.53 Å². The predicted molar refractivity (Wildman–Crippen MR) is 67.0 cm³/mol. The summed E-state index contributed by atoms with van der Waals surface area (Å²) in [5.41, 5.74) is 0. The van der Waals surface area contributed by atoms with Gasteiger partial charge in [-0.3, -0.25) is 4.79 Å². The highest BCUT2D eigenvalue weighted by atomic mass is 35.5. The molecule has 1 aliphatic rings. The zero-order valence-electron chi connectivity index (χ0n) is 10.4. The van der Waals surface area contributed by atoms with Gasteiger partial charge >= 0.3 is 0 Å². The third-order valence-corrected chi connectivity index (χ3v) is 3.09. The number of methoxy groups -OCH3 is 1. The molecule has 0 radical (unpaired) electrons. The van der Waals surface area contributed by atoms with E-state index in [1.807, 2.05) is 4.90 Å². The van der Waals surface area contributed by atoms with Crippen molar-refractivity contribution in [2.45, 2.75) is 38.8 Å². The second-order valence-corrected chi connectivity index (χ2v) is 4.17. The monoisotopic (exact) mass is 250 g/mol. The van der Waals surface area contributed by atoms with Gasteiger partial charge in [-0.05, 0) is 20.3 Å². The van der Waals surface area contributed by atoms with Crippen molar-refractivity contribution >= 4 is 18.3 Å². The zero-order valence-corrected chi connectivity index (χ0v) is 11.2. The lowest BCUT2D eigenvalue weighted by Gasteiger charge is -2.38. The van der Waals surface area contributed by atoms with Crippen molar-refractivity contribution in [2.75, 3.05) is 26.8 Å². The molecule has 1 saturated heterocycles. The summed E-state index contributed by atoms with van der Waals surface area (Å²) in [7, 11) is 1.67. The second kappa shape index (κ2) is 7.87. The number of hydrogen-bond donors (Lipinski definition) is 1. The number of nitrogens with one attached hydrogen (secondary N) is 1. The minimum atomic E-state index is 0. The van der Waals surface area contributed by atoms with Crippen molar-refractivity contribution in [3.8, 4) is 0 Å². The lowest BCUT2D eigenvalue weighted by molar-refractivity contribution is -0.135. The van der Waals surface area contributed by atoms with Crippen molar-refractivity contribution in [3.05, 3.63) is 0 Å². The summed E-state index contributed by atoms with van der Waals surface area (Å²) < 4.78 is 4.94. The highest BCUT2D eigenvalue weighted by Gasteiger charge is 2.27. The van der Waals surface area contributed by atoms with Crippen LogP contribution in [0.3, 0.4) is 0 Å². The van der Waals surface area contributed by atoms with Crippen LogP contribution in [0.2, 0.25) is 0 Å². The summed E-state index contributed by atoms with van der Waals surface area (Å²) in [6, 6.07) is 0.693. The highest BCUT2D eigenvalue weighted by Crippen LogP contribution is 2.11. The number of piperazine rings is 1. The maximum atomic E-state index is 11.9. The number of nitrogens with zero attached hydrogens (tertiary/aromatic N) is 1. The van der Waals surface area contributed by atoms with Crippen molar-refractivity contribution in [2.24, 2.45) is 0 Å². The molecule has 0 aromatic rings. The van der Waals surface area contributed by atoms with Gasteiger partial charge in [0, 0.05) is 45.3 Å². The van der Waals surface area contributed by atoms with Crippen molar-refractivity contribution < 1.29 is 9.53 Å². The molecule has 2 atom stereocenters. The topological polar surface area (TPSA) is 41.6 Å². The molecule has 0 bridgehead atoms. The molecule has 96 valence electrons. The van der Waals surface area contributed by atoms with Crippen LogP contribution in [0.1, 0.15) is 26.7 Å². The molecule has 0 spiro atoms. The van der Waals surface area contributed by atoms with E-state index in [0.717, 1.165) is 19.5 Å². The van der Waals surface area contributed by atoms with Gasteiger partial charge in [-0.15, -0.1) is 12.4 Å². The fourth-order valence-corrected chi connectivity index (χ4v) is 1.92. The number of halogens is 1. The fourth-order valence-electron chi connectivity index (χ4n) is 1.92. The summed E-state index contributed by atoms with van der Waals surface area (Å²) in [6.07, 6.45) is 1.42. The van der Waals surface area contributed by atoms with Gasteiger partial charge in [0.15, 0.2) is 0 Å². The molecule has 0 aliphatic carbocycles. The number of carbonyl (C=O) groups excluding carboxylic acids is 1. The van der Waals surface area contributed by atoms with Gasteiger partial charge in [-0.2, -0.15) is 0 Å². The van der Waals surface area contributed by atoms with Crippen molar-refractivity contribution in [3.63, 3.8) is 0 Å². The fraction of sp³-hybridized carbons (Fsp3) is 0.909. The number of amides is 1. The van der Waals surface area contributed by atoms with Gasteiger partial charge in [0.05, 0.1) is 0 Å². The van der Waals surface area contributed by atoms with E-state index in [9.17, 15) is 4.79 Å². The third-order valence-electron chi connectivity index (χ3n) is 3.09. The van der Waals surface area contributed by atoms with E-state index in [2.05, 4.69) is 19.2 Å². The summed E-state index contributed by atoms with van der Waals surface area (Å²) in [5, 5.41) is 3.37. The maximum Gasteiger partial charge on any atom is 0.222 e. The van der Waals surface area contributed by atoms with Crippen LogP contribution in [0.15, 0.2) is 0 Å². The van der Waals surface area contributed by atoms with Crippen LogP contribution in [-0.4, -0.2) is 49.7 Å². The average Bonchev–Trinajstić information content (AvgIpc) is 2.22. The Labute approximate surface area is 104 Å². The molecular weight excluding hydrogens is 228 g/mol. The molecule has 1 amide bonds. The van der Waals surface area contributed by atoms with E-state index >= 15 is 0 Å². The predicted octanol–water partition coefficient (Wildman–Crippen LogP) is 1.04. The molecule has 1 fully saturated rings. The van der Waals surface area contributed by atoms with Crippen LogP contribution < -0.4 is 5.32 Å². The molecule has 1 N–H and O–H groups in total. The van der Waals surface area contributed by atoms with Crippen molar-refractivity contribution in [1.82, 2.24) is 10.2 Å². The van der Waals surface area contributed by atoms with E-state index in [0.29, 0.717) is 25.1 Å². The molecule has 16 heavy (non-hydrogen) atoms. The number of ether oxygens (including phenoxy) is 1. The second-order valence-electron chi connectivity index (χ2n) is 4.17. The molecule has 1 rings (SSSR count). The molecule has 4 nitrogen and oxygen atoms in total. The van der Waals surface area contributed by atoms with E-state index in [-0.39, 0.29) is 18.3 Å². The van der Waals surface area contributed by atoms with Gasteiger partial charge < -0.3 is 15.0 Å². The van der Waals surface area contributed by atoms with E-state index < -0.39 is 0 Å². The largest absolute Gasteiger partial charge is 0.385 e. The quantitative estimate of drug-likeness (QED) is 0.759. The average molecular weight is 251 g/mol. The van der Waals surface area contributed by atoms with Crippen molar-refractivity contribution in [1.29, 1.82) is 0 Å². The molecule has 1 heterocycles. The maximum absolute atomic E-state index is 11.9. The molecule has 1 aliphatic heterocycles. The Morgan fingerprint density at radius 3 is 2.81 bits per heavy atom. The van der Waals surface area contributed by atoms with E-state index in [1.54, 1.807) is 7.11 Å². The third kappa shape index (κ3) is 4.28. The molecule has 0 aromatic carbocycles. The summed E-state index contributed by atoms with van der Waals surface area (Å²) in [6.45, 7) is 6.63. The van der Waals surface area contributed by atoms with E-state index in [1.165, 1.54) is 0 Å². The molecule has 0 aromatic heterocycles. The van der Waals surface area contributed by atoms with Gasteiger partial charge in [0.25, 0.3) is 0 Å². The Morgan fingerprint density at radius 1 is 1.50 bits per heavy atom. The first-order chi connectivity index (χ1) is 7.16. The Hall–Kier alpha value is -0.320. The summed E-state index contributed by atoms with van der Waals surface area (Å²) >= 11 is 0. The SMILES string of the molecule is COCCCC(=O)N1CCNC(C)C1C.Cl. The Kier molecular flexibility index (Phi) is 7.72. The number of carbonyl (C=O) groups is 1. The van der Waals surface area contributed by atoms with Crippen LogP contribution in [0.4, 0.5) is 0 Å². The standard InChI is InChI=1S/C11H22N2O2.ClH/c1-9-10(2)13(7-6-12-9)11(14)5-4-8-15-3;/h9-10,12H,4-8H2,1-3H3;1H. The number of hydrogen-bond acceptors (Lipinski definition) is 3. The smallest absolute Gasteiger partial charge is 0.222 e. The summed E-state index contributed by atoms with van der Waals surface area (Å²) in [5.74, 6) is 0.257. The van der Waals surface area contributed by atoms with Crippen LogP contribution >= 0.6 is 12.4 Å². The Balaban J connectivity index is 0.00000225. The lowest BCUT2D eigenvalue weighted by Crippen LogP contribution is -2.57. The molecule has 0 saturated carbocycles. The minimum absolute atomic E-state index is 0. The van der Waals surface area contributed by atoms with Gasteiger partial charge in [-0.25, -0.2) is 0 Å². The minimum Gasteiger partial charge on any atom is -0.385 e. The molecule has 5 heteroatoms. The Morgan fingerprint density at radius 2 is 2.19 bits per heavy atom. The first-order valence-electron chi connectivity index (χ1n) is 5.68. The van der Waals surface area contributed by atoms with Crippen LogP contribution in [0, 0.1) is 0 Å². The first kappa shape index (κ1) is 15.7. The number of rotatable bonds is 4. The summed E-state index contributed by atoms with van der Waals surface area (Å²) in [4.78, 5) is 13.9. The zero-order chi connectivity index (χ0) is 11.3. The molecule has 2 unspecified atom stereocenters.